The van der Waals surface area contributed by atoms with Gasteiger partial charge in [-0.05, 0) is 52.2 Å². The summed E-state index contributed by atoms with van der Waals surface area (Å²) in [5.74, 6) is 1.36. The normalized spacial score (nSPS) is 10.6. The predicted octanol–water partition coefficient (Wildman–Crippen LogP) is 4.55. The minimum absolute atomic E-state index is 0.0104. The molecule has 128 valence electrons. The zero-order valence-electron chi connectivity index (χ0n) is 13.3. The van der Waals surface area contributed by atoms with E-state index in [1.165, 1.54) is 17.7 Å². The van der Waals surface area contributed by atoms with E-state index in [9.17, 15) is 10.1 Å². The van der Waals surface area contributed by atoms with Gasteiger partial charge in [0.2, 0.25) is 5.82 Å². The van der Waals surface area contributed by atoms with Gasteiger partial charge in [0.1, 0.15) is 5.75 Å². The second kappa shape index (κ2) is 7.43. The number of non-ortho nitro benzene ring substituents is 1. The van der Waals surface area contributed by atoms with Crippen molar-refractivity contribution in [3.05, 3.63) is 68.5 Å². The highest BCUT2D eigenvalue weighted by Gasteiger charge is 2.12. The molecule has 0 aliphatic carbocycles. The van der Waals surface area contributed by atoms with E-state index in [1.54, 1.807) is 12.1 Å². The third-order valence-electron chi connectivity index (χ3n) is 3.56. The molecule has 0 atom stereocenters. The molecule has 3 rings (SSSR count). The van der Waals surface area contributed by atoms with E-state index in [1.807, 2.05) is 18.2 Å². The number of nitro groups is 1. The van der Waals surface area contributed by atoms with Gasteiger partial charge in [-0.3, -0.25) is 10.1 Å². The van der Waals surface area contributed by atoms with Crippen molar-refractivity contribution in [3.63, 3.8) is 0 Å². The molecule has 1 aromatic heterocycles. The quantitative estimate of drug-likeness (QED) is 0.442. The lowest BCUT2D eigenvalue weighted by atomic mass is 10.2. The first-order valence-electron chi connectivity index (χ1n) is 7.55. The van der Waals surface area contributed by atoms with Crippen molar-refractivity contribution < 1.29 is 14.2 Å². The molecule has 0 spiro atoms. The van der Waals surface area contributed by atoms with Crippen LogP contribution in [0.25, 0.3) is 11.4 Å². The van der Waals surface area contributed by atoms with Crippen LogP contribution in [0.2, 0.25) is 0 Å². The van der Waals surface area contributed by atoms with Crippen molar-refractivity contribution in [1.82, 2.24) is 10.1 Å². The summed E-state index contributed by atoms with van der Waals surface area (Å²) in [7, 11) is 0. The van der Waals surface area contributed by atoms with E-state index in [0.29, 0.717) is 23.0 Å². The maximum Gasteiger partial charge on any atom is 0.269 e. The van der Waals surface area contributed by atoms with Crippen LogP contribution in [0.1, 0.15) is 18.4 Å². The van der Waals surface area contributed by atoms with Gasteiger partial charge >= 0.3 is 0 Å². The van der Waals surface area contributed by atoms with E-state index >= 15 is 0 Å². The molecule has 25 heavy (non-hydrogen) atoms. The third-order valence-corrected chi connectivity index (χ3v) is 4.18. The van der Waals surface area contributed by atoms with Crippen molar-refractivity contribution >= 4 is 21.6 Å². The molecule has 1 heterocycles. The molecular formula is C17H14BrN3O4. The minimum atomic E-state index is -0.457. The van der Waals surface area contributed by atoms with Gasteiger partial charge in [0.15, 0.2) is 6.61 Å². The zero-order chi connectivity index (χ0) is 17.8. The molecule has 7 nitrogen and oxygen atoms in total. The second-order valence-corrected chi connectivity index (χ2v) is 6.08. The number of nitrogens with zero attached hydrogens (tertiary/aromatic N) is 3. The fraction of sp³-hybridized carbons (Fsp3) is 0.176. The van der Waals surface area contributed by atoms with Crippen LogP contribution in [0, 0.1) is 10.1 Å². The fourth-order valence-electron chi connectivity index (χ4n) is 2.18. The molecule has 0 fully saturated rings. The summed E-state index contributed by atoms with van der Waals surface area (Å²) in [6.07, 6.45) is 0.946. The first kappa shape index (κ1) is 17.1. The van der Waals surface area contributed by atoms with Crippen LogP contribution in [-0.2, 0) is 13.0 Å². The number of ether oxygens (including phenoxy) is 1. The summed E-state index contributed by atoms with van der Waals surface area (Å²) in [5.41, 5.74) is 1.85. The van der Waals surface area contributed by atoms with Crippen molar-refractivity contribution in [2.24, 2.45) is 0 Å². The molecular weight excluding hydrogens is 390 g/mol. The first-order valence-corrected chi connectivity index (χ1v) is 8.34. The lowest BCUT2D eigenvalue weighted by Gasteiger charge is -2.07. The summed E-state index contributed by atoms with van der Waals surface area (Å²) in [6.45, 7) is 2.21. The largest absolute Gasteiger partial charge is 0.483 e. The molecule has 0 aliphatic heterocycles. The van der Waals surface area contributed by atoms with Gasteiger partial charge in [-0.1, -0.05) is 18.1 Å². The Bertz CT molecular complexity index is 893. The molecule has 0 bridgehead atoms. The third kappa shape index (κ3) is 4.03. The number of halogens is 1. The molecule has 0 saturated carbocycles. The van der Waals surface area contributed by atoms with Crippen molar-refractivity contribution in [1.29, 1.82) is 0 Å². The minimum Gasteiger partial charge on any atom is -0.483 e. The average Bonchev–Trinajstić information content (AvgIpc) is 3.09. The van der Waals surface area contributed by atoms with Crippen LogP contribution in [-0.4, -0.2) is 15.1 Å². The summed E-state index contributed by atoms with van der Waals surface area (Å²) in [6, 6.07) is 11.8. The molecule has 2 aromatic carbocycles. The second-order valence-electron chi connectivity index (χ2n) is 5.22. The Morgan fingerprint density at radius 2 is 2.00 bits per heavy atom. The van der Waals surface area contributed by atoms with Gasteiger partial charge in [0, 0.05) is 17.7 Å². The SMILES string of the molecule is CCc1ccc(OCc2nc(-c3ccc([N+](=O)[O-])cc3)no2)c(Br)c1. The highest BCUT2D eigenvalue weighted by Crippen LogP contribution is 2.27. The van der Waals surface area contributed by atoms with Crippen molar-refractivity contribution in [2.75, 3.05) is 0 Å². The van der Waals surface area contributed by atoms with Crippen LogP contribution in [0.15, 0.2) is 51.5 Å². The molecule has 0 amide bonds. The van der Waals surface area contributed by atoms with E-state index in [0.717, 1.165) is 10.9 Å². The van der Waals surface area contributed by atoms with E-state index < -0.39 is 4.92 Å². The van der Waals surface area contributed by atoms with Gasteiger partial charge in [-0.25, -0.2) is 0 Å². The molecule has 0 unspecified atom stereocenters. The van der Waals surface area contributed by atoms with Crippen molar-refractivity contribution in [3.8, 4) is 17.1 Å². The molecule has 8 heteroatoms. The monoisotopic (exact) mass is 403 g/mol. The Labute approximate surface area is 151 Å². The molecule has 3 aromatic rings. The lowest BCUT2D eigenvalue weighted by Crippen LogP contribution is -1.97. The average molecular weight is 404 g/mol. The van der Waals surface area contributed by atoms with Crippen LogP contribution in [0.5, 0.6) is 5.75 Å². The molecule has 0 radical (unpaired) electrons. The standard InChI is InChI=1S/C17H14BrN3O4/c1-2-11-3-8-15(14(18)9-11)24-10-16-19-17(20-25-16)12-4-6-13(7-5-12)21(22)23/h3-9H,2,10H2,1H3. The van der Waals surface area contributed by atoms with E-state index in [-0.39, 0.29) is 12.3 Å². The van der Waals surface area contributed by atoms with Gasteiger partial charge < -0.3 is 9.26 Å². The van der Waals surface area contributed by atoms with Gasteiger partial charge in [-0.2, -0.15) is 4.98 Å². The number of rotatable bonds is 6. The number of nitro benzene ring substituents is 1. The highest BCUT2D eigenvalue weighted by atomic mass is 79.9. The van der Waals surface area contributed by atoms with Gasteiger partial charge in [0.25, 0.3) is 11.6 Å². The summed E-state index contributed by atoms with van der Waals surface area (Å²) >= 11 is 3.48. The Morgan fingerprint density at radius 3 is 2.64 bits per heavy atom. The number of hydrogen-bond donors (Lipinski definition) is 0. The maximum absolute atomic E-state index is 10.7. The fourth-order valence-corrected chi connectivity index (χ4v) is 2.72. The van der Waals surface area contributed by atoms with Crippen LogP contribution in [0.3, 0.4) is 0 Å². The molecule has 0 saturated heterocycles. The summed E-state index contributed by atoms with van der Waals surface area (Å²) in [5, 5.41) is 14.6. The molecule has 0 N–H and O–H groups in total. The first-order chi connectivity index (χ1) is 12.1. The summed E-state index contributed by atoms with van der Waals surface area (Å²) in [4.78, 5) is 14.5. The van der Waals surface area contributed by atoms with Crippen LogP contribution < -0.4 is 4.74 Å². The Kier molecular flexibility index (Phi) is 5.08. The number of aryl methyl sites for hydroxylation is 1. The number of hydrogen-bond acceptors (Lipinski definition) is 6. The lowest BCUT2D eigenvalue weighted by molar-refractivity contribution is -0.384. The smallest absolute Gasteiger partial charge is 0.269 e. The maximum atomic E-state index is 10.7. The van der Waals surface area contributed by atoms with E-state index in [2.05, 4.69) is 33.0 Å². The zero-order valence-corrected chi connectivity index (χ0v) is 14.9. The van der Waals surface area contributed by atoms with Gasteiger partial charge in [-0.15, -0.1) is 0 Å². The Morgan fingerprint density at radius 1 is 1.24 bits per heavy atom. The van der Waals surface area contributed by atoms with Gasteiger partial charge in [0.05, 0.1) is 9.40 Å². The van der Waals surface area contributed by atoms with Crippen LogP contribution >= 0.6 is 15.9 Å². The number of benzene rings is 2. The Hall–Kier alpha value is -2.74. The highest BCUT2D eigenvalue weighted by molar-refractivity contribution is 9.10. The van der Waals surface area contributed by atoms with Crippen LogP contribution in [0.4, 0.5) is 5.69 Å². The number of aromatic nitrogens is 2. The van der Waals surface area contributed by atoms with Crippen molar-refractivity contribution in [2.45, 2.75) is 20.0 Å². The topological polar surface area (TPSA) is 91.3 Å². The predicted molar refractivity (Wildman–Crippen MR) is 94.2 cm³/mol. The Balaban J connectivity index is 1.68. The summed E-state index contributed by atoms with van der Waals surface area (Å²) < 4.78 is 11.7. The molecule has 0 aliphatic rings. The van der Waals surface area contributed by atoms with E-state index in [4.69, 9.17) is 9.26 Å².